The van der Waals surface area contributed by atoms with Gasteiger partial charge in [0.2, 0.25) is 0 Å². The number of amides is 1. The van der Waals surface area contributed by atoms with Crippen LogP contribution in [0.15, 0.2) is 18.2 Å². The van der Waals surface area contributed by atoms with Gasteiger partial charge in [0.05, 0.1) is 5.56 Å². The lowest BCUT2D eigenvalue weighted by molar-refractivity contribution is 0.0950. The SMILES string of the molecule is CSC(C)CNC(=O)c1ccc(C#CCO)cc1F. The number of carbonyl (C=O) groups excluding carboxylic acids is 1. The molecule has 19 heavy (non-hydrogen) atoms. The van der Waals surface area contributed by atoms with Gasteiger partial charge in [-0.25, -0.2) is 4.39 Å². The number of aliphatic hydroxyl groups is 1. The summed E-state index contributed by atoms with van der Waals surface area (Å²) in [4.78, 5) is 11.8. The van der Waals surface area contributed by atoms with E-state index in [0.717, 1.165) is 0 Å². The van der Waals surface area contributed by atoms with Crippen molar-refractivity contribution in [3.05, 3.63) is 35.1 Å². The molecule has 0 aliphatic carbocycles. The first-order valence-corrected chi connectivity index (χ1v) is 7.07. The minimum atomic E-state index is -0.612. The molecular weight excluding hydrogens is 265 g/mol. The normalized spacial score (nSPS) is 11.4. The Labute approximate surface area is 116 Å². The highest BCUT2D eigenvalue weighted by Gasteiger charge is 2.12. The average Bonchev–Trinajstić information content (AvgIpc) is 2.42. The molecule has 0 spiro atoms. The third kappa shape index (κ3) is 4.93. The highest BCUT2D eigenvalue weighted by Crippen LogP contribution is 2.10. The number of thioether (sulfide) groups is 1. The molecule has 2 N–H and O–H groups in total. The molecule has 0 radical (unpaired) electrons. The van der Waals surface area contributed by atoms with Crippen molar-refractivity contribution in [2.75, 3.05) is 19.4 Å². The van der Waals surface area contributed by atoms with E-state index in [-0.39, 0.29) is 17.4 Å². The second kappa shape index (κ2) is 7.82. The Morgan fingerprint density at radius 3 is 2.89 bits per heavy atom. The lowest BCUT2D eigenvalue weighted by Gasteiger charge is -2.10. The van der Waals surface area contributed by atoms with Crippen LogP contribution in [0, 0.1) is 17.7 Å². The van der Waals surface area contributed by atoms with E-state index >= 15 is 0 Å². The number of aliphatic hydroxyl groups excluding tert-OH is 1. The molecule has 0 aliphatic heterocycles. The van der Waals surface area contributed by atoms with E-state index in [1.54, 1.807) is 17.8 Å². The van der Waals surface area contributed by atoms with E-state index in [0.29, 0.717) is 12.1 Å². The van der Waals surface area contributed by atoms with Crippen molar-refractivity contribution in [2.24, 2.45) is 0 Å². The summed E-state index contributed by atoms with van der Waals surface area (Å²) in [7, 11) is 0. The fourth-order valence-corrected chi connectivity index (χ4v) is 1.58. The summed E-state index contributed by atoms with van der Waals surface area (Å²) >= 11 is 1.63. The van der Waals surface area contributed by atoms with Gasteiger partial charge < -0.3 is 10.4 Å². The number of carbonyl (C=O) groups is 1. The van der Waals surface area contributed by atoms with Gasteiger partial charge in [-0.3, -0.25) is 4.79 Å². The lowest BCUT2D eigenvalue weighted by atomic mass is 10.1. The van der Waals surface area contributed by atoms with Crippen LogP contribution in [0.5, 0.6) is 0 Å². The standard InChI is InChI=1S/C14H16FNO2S/c1-10(19-2)9-16-14(18)12-6-5-11(4-3-7-17)8-13(12)15/h5-6,8,10,17H,7,9H2,1-2H3,(H,16,18). The molecule has 0 bridgehead atoms. The maximum atomic E-state index is 13.7. The minimum Gasteiger partial charge on any atom is -0.384 e. The topological polar surface area (TPSA) is 49.3 Å². The Kier molecular flexibility index (Phi) is 6.40. The van der Waals surface area contributed by atoms with Crippen molar-refractivity contribution in [1.29, 1.82) is 0 Å². The molecule has 1 rings (SSSR count). The number of halogens is 1. The van der Waals surface area contributed by atoms with E-state index in [9.17, 15) is 9.18 Å². The first-order valence-electron chi connectivity index (χ1n) is 5.78. The molecule has 0 saturated heterocycles. The van der Waals surface area contributed by atoms with Gasteiger partial charge in [-0.05, 0) is 24.5 Å². The van der Waals surface area contributed by atoms with Crippen molar-refractivity contribution >= 4 is 17.7 Å². The van der Waals surface area contributed by atoms with E-state index in [1.165, 1.54) is 12.1 Å². The van der Waals surface area contributed by atoms with Crippen molar-refractivity contribution in [3.63, 3.8) is 0 Å². The van der Waals surface area contributed by atoms with Crippen LogP contribution in [0.3, 0.4) is 0 Å². The summed E-state index contributed by atoms with van der Waals surface area (Å²) in [6.07, 6.45) is 1.95. The van der Waals surface area contributed by atoms with Crippen LogP contribution in [0.1, 0.15) is 22.8 Å². The fraction of sp³-hybridized carbons (Fsp3) is 0.357. The predicted octanol–water partition coefficient (Wildman–Crippen LogP) is 1.65. The second-order valence-corrected chi connectivity index (χ2v) is 5.19. The second-order valence-electron chi connectivity index (χ2n) is 3.91. The van der Waals surface area contributed by atoms with Gasteiger partial charge in [-0.2, -0.15) is 11.8 Å². The van der Waals surface area contributed by atoms with E-state index in [4.69, 9.17) is 5.11 Å². The first kappa shape index (κ1) is 15.5. The Morgan fingerprint density at radius 1 is 1.58 bits per heavy atom. The van der Waals surface area contributed by atoms with E-state index in [2.05, 4.69) is 17.2 Å². The van der Waals surface area contributed by atoms with Gasteiger partial charge in [0, 0.05) is 17.4 Å². The molecule has 0 aromatic heterocycles. The zero-order chi connectivity index (χ0) is 14.3. The summed E-state index contributed by atoms with van der Waals surface area (Å²) in [5, 5.41) is 11.5. The molecule has 1 aromatic rings. The smallest absolute Gasteiger partial charge is 0.254 e. The third-order valence-corrected chi connectivity index (χ3v) is 3.45. The highest BCUT2D eigenvalue weighted by molar-refractivity contribution is 7.99. The van der Waals surface area contributed by atoms with Gasteiger partial charge in [0.15, 0.2) is 0 Å². The molecule has 1 aromatic carbocycles. The fourth-order valence-electron chi connectivity index (χ4n) is 1.33. The molecule has 5 heteroatoms. The van der Waals surface area contributed by atoms with Gasteiger partial charge in [-0.1, -0.05) is 18.8 Å². The minimum absolute atomic E-state index is 0.00264. The van der Waals surface area contributed by atoms with Gasteiger partial charge in [-0.15, -0.1) is 0 Å². The highest BCUT2D eigenvalue weighted by atomic mass is 32.2. The van der Waals surface area contributed by atoms with Crippen molar-refractivity contribution < 1.29 is 14.3 Å². The predicted molar refractivity (Wildman–Crippen MR) is 75.7 cm³/mol. The molecule has 0 heterocycles. The first-order chi connectivity index (χ1) is 9.08. The quantitative estimate of drug-likeness (QED) is 0.825. The number of rotatable bonds is 4. The molecule has 0 aliphatic rings. The molecule has 1 amide bonds. The van der Waals surface area contributed by atoms with Crippen LogP contribution in [0.4, 0.5) is 4.39 Å². The summed E-state index contributed by atoms with van der Waals surface area (Å²) < 4.78 is 13.7. The maximum absolute atomic E-state index is 13.7. The molecule has 1 unspecified atom stereocenters. The Bertz CT molecular complexity index is 508. The number of nitrogens with one attached hydrogen (secondary N) is 1. The number of hydrogen-bond acceptors (Lipinski definition) is 3. The van der Waals surface area contributed by atoms with Crippen LogP contribution in [-0.2, 0) is 0 Å². The molecule has 102 valence electrons. The van der Waals surface area contributed by atoms with Crippen molar-refractivity contribution in [3.8, 4) is 11.8 Å². The Morgan fingerprint density at radius 2 is 2.32 bits per heavy atom. The van der Waals surface area contributed by atoms with Crippen LogP contribution in [-0.4, -0.2) is 35.7 Å². The molecule has 1 atom stereocenters. The zero-order valence-corrected chi connectivity index (χ0v) is 11.7. The molecular formula is C14H16FNO2S. The molecule has 0 fully saturated rings. The van der Waals surface area contributed by atoms with Gasteiger partial charge in [0.1, 0.15) is 12.4 Å². The van der Waals surface area contributed by atoms with Crippen molar-refractivity contribution in [2.45, 2.75) is 12.2 Å². The number of hydrogen-bond donors (Lipinski definition) is 2. The van der Waals surface area contributed by atoms with Crippen LogP contribution >= 0.6 is 11.8 Å². The number of benzene rings is 1. The molecule has 3 nitrogen and oxygen atoms in total. The monoisotopic (exact) mass is 281 g/mol. The zero-order valence-electron chi connectivity index (χ0n) is 10.9. The third-order valence-electron chi connectivity index (χ3n) is 2.48. The summed E-state index contributed by atoms with van der Waals surface area (Å²) in [6, 6.07) is 4.14. The maximum Gasteiger partial charge on any atom is 0.254 e. The summed E-state index contributed by atoms with van der Waals surface area (Å²) in [5.41, 5.74) is 0.434. The largest absolute Gasteiger partial charge is 0.384 e. The Balaban J connectivity index is 2.76. The molecule has 0 saturated carbocycles. The summed E-state index contributed by atoms with van der Waals surface area (Å²) in [5.74, 6) is 3.97. The van der Waals surface area contributed by atoms with Crippen LogP contribution in [0.25, 0.3) is 0 Å². The average molecular weight is 281 g/mol. The van der Waals surface area contributed by atoms with E-state index in [1.807, 2.05) is 13.2 Å². The van der Waals surface area contributed by atoms with E-state index < -0.39 is 11.7 Å². The lowest BCUT2D eigenvalue weighted by Crippen LogP contribution is -2.30. The van der Waals surface area contributed by atoms with Gasteiger partial charge >= 0.3 is 0 Å². The Hall–Kier alpha value is -1.51. The van der Waals surface area contributed by atoms with Crippen LogP contribution in [0.2, 0.25) is 0 Å². The van der Waals surface area contributed by atoms with Crippen molar-refractivity contribution in [1.82, 2.24) is 5.32 Å². The van der Waals surface area contributed by atoms with Gasteiger partial charge in [0.25, 0.3) is 5.91 Å². The summed E-state index contributed by atoms with van der Waals surface area (Å²) in [6.45, 7) is 2.19. The van der Waals surface area contributed by atoms with Crippen LogP contribution < -0.4 is 5.32 Å².